The third-order valence-corrected chi connectivity index (χ3v) is 3.10. The summed E-state index contributed by atoms with van der Waals surface area (Å²) in [4.78, 5) is 24.4. The molecule has 6 nitrogen and oxygen atoms in total. The Morgan fingerprint density at radius 3 is 2.39 bits per heavy atom. The van der Waals surface area contributed by atoms with Gasteiger partial charge >= 0.3 is 11.9 Å². The topological polar surface area (TPSA) is 70.4 Å². The summed E-state index contributed by atoms with van der Waals surface area (Å²) in [5.41, 5.74) is 0.549. The van der Waals surface area contributed by atoms with Gasteiger partial charge in [-0.25, -0.2) is 9.07 Å². The van der Waals surface area contributed by atoms with Crippen molar-refractivity contribution >= 4 is 11.9 Å². The fourth-order valence-electron chi connectivity index (χ4n) is 2.18. The summed E-state index contributed by atoms with van der Waals surface area (Å²) in [7, 11) is 0. The third kappa shape index (κ3) is 3.74. The van der Waals surface area contributed by atoms with Crippen molar-refractivity contribution in [1.82, 2.24) is 9.78 Å². The summed E-state index contributed by atoms with van der Waals surface area (Å²) in [6.45, 7) is 3.45. The summed E-state index contributed by atoms with van der Waals surface area (Å²) in [6, 6.07) is 5.48. The highest BCUT2D eigenvalue weighted by Gasteiger charge is 2.34. The van der Waals surface area contributed by atoms with Crippen molar-refractivity contribution in [1.29, 1.82) is 0 Å². The van der Waals surface area contributed by atoms with Gasteiger partial charge in [0.25, 0.3) is 0 Å². The Kier molecular flexibility index (Phi) is 5.46. The molecule has 0 bridgehead atoms. The standard InChI is InChI=1S/C16H17FN2O4/c1-3-22-15(20)14(16(21)23-4-2)12-10-11(17)6-7-13(12)19-9-5-8-18-19/h5-10,14H,3-4H2,1-2H3. The van der Waals surface area contributed by atoms with E-state index in [1.165, 1.54) is 23.0 Å². The van der Waals surface area contributed by atoms with Crippen LogP contribution in [0.2, 0.25) is 0 Å². The van der Waals surface area contributed by atoms with Crippen LogP contribution in [0.5, 0.6) is 0 Å². The summed E-state index contributed by atoms with van der Waals surface area (Å²) < 4.78 is 25.1. The molecule has 0 aliphatic heterocycles. The first-order valence-electron chi connectivity index (χ1n) is 7.21. The predicted molar refractivity (Wildman–Crippen MR) is 79.5 cm³/mol. The van der Waals surface area contributed by atoms with Crippen molar-refractivity contribution < 1.29 is 23.5 Å². The highest BCUT2D eigenvalue weighted by atomic mass is 19.1. The molecule has 2 aromatic rings. The normalized spacial score (nSPS) is 10.6. The molecule has 1 aromatic carbocycles. The number of carbonyl (C=O) groups excluding carboxylic acids is 2. The van der Waals surface area contributed by atoms with E-state index in [2.05, 4.69) is 5.10 Å². The quantitative estimate of drug-likeness (QED) is 0.603. The van der Waals surface area contributed by atoms with Crippen LogP contribution in [0.4, 0.5) is 4.39 Å². The Labute approximate surface area is 132 Å². The van der Waals surface area contributed by atoms with Crippen LogP contribution in [-0.2, 0) is 19.1 Å². The molecule has 2 rings (SSSR count). The lowest BCUT2D eigenvalue weighted by Crippen LogP contribution is -2.27. The van der Waals surface area contributed by atoms with E-state index in [0.717, 1.165) is 6.07 Å². The predicted octanol–water partition coefficient (Wildman–Crippen LogP) is 2.22. The molecular formula is C16H17FN2O4. The van der Waals surface area contributed by atoms with Gasteiger partial charge in [0, 0.05) is 18.0 Å². The van der Waals surface area contributed by atoms with Crippen LogP contribution in [0.25, 0.3) is 5.69 Å². The van der Waals surface area contributed by atoms with Crippen molar-refractivity contribution in [2.45, 2.75) is 19.8 Å². The highest BCUT2D eigenvalue weighted by Crippen LogP contribution is 2.27. The van der Waals surface area contributed by atoms with Gasteiger partial charge in [0.05, 0.1) is 18.9 Å². The van der Waals surface area contributed by atoms with E-state index in [0.29, 0.717) is 5.69 Å². The van der Waals surface area contributed by atoms with Crippen LogP contribution < -0.4 is 0 Å². The van der Waals surface area contributed by atoms with Gasteiger partial charge in [0.2, 0.25) is 0 Å². The van der Waals surface area contributed by atoms with Gasteiger partial charge in [-0.3, -0.25) is 9.59 Å². The van der Waals surface area contributed by atoms with E-state index >= 15 is 0 Å². The van der Waals surface area contributed by atoms with Crippen LogP contribution in [0.3, 0.4) is 0 Å². The van der Waals surface area contributed by atoms with E-state index in [-0.39, 0.29) is 18.8 Å². The first-order valence-corrected chi connectivity index (χ1v) is 7.21. The molecule has 23 heavy (non-hydrogen) atoms. The first kappa shape index (κ1) is 16.7. The Morgan fingerprint density at radius 1 is 1.22 bits per heavy atom. The van der Waals surface area contributed by atoms with Gasteiger partial charge in [0.15, 0.2) is 5.92 Å². The minimum Gasteiger partial charge on any atom is -0.465 e. The van der Waals surface area contributed by atoms with Crippen LogP contribution in [-0.4, -0.2) is 34.9 Å². The van der Waals surface area contributed by atoms with Crippen LogP contribution in [0.15, 0.2) is 36.7 Å². The maximum Gasteiger partial charge on any atom is 0.324 e. The van der Waals surface area contributed by atoms with Gasteiger partial charge in [0.1, 0.15) is 5.82 Å². The molecule has 7 heteroatoms. The summed E-state index contributed by atoms with van der Waals surface area (Å²) in [5, 5.41) is 4.06. The smallest absolute Gasteiger partial charge is 0.324 e. The molecule has 0 saturated carbocycles. The zero-order chi connectivity index (χ0) is 16.8. The lowest BCUT2D eigenvalue weighted by atomic mass is 9.97. The molecule has 0 N–H and O–H groups in total. The number of hydrogen-bond acceptors (Lipinski definition) is 5. The maximum absolute atomic E-state index is 13.7. The number of rotatable bonds is 6. The number of hydrogen-bond donors (Lipinski definition) is 0. The Hall–Kier alpha value is -2.70. The maximum atomic E-state index is 13.7. The summed E-state index contributed by atoms with van der Waals surface area (Å²) in [6.07, 6.45) is 3.17. The molecule has 0 aliphatic carbocycles. The lowest BCUT2D eigenvalue weighted by Gasteiger charge is -2.18. The van der Waals surface area contributed by atoms with Crippen molar-refractivity contribution in [3.8, 4) is 5.69 Å². The van der Waals surface area contributed by atoms with E-state index in [1.54, 1.807) is 26.1 Å². The van der Waals surface area contributed by atoms with Crippen molar-refractivity contribution in [2.24, 2.45) is 0 Å². The minimum atomic E-state index is -1.37. The lowest BCUT2D eigenvalue weighted by molar-refractivity contribution is -0.156. The molecule has 0 saturated heterocycles. The zero-order valence-electron chi connectivity index (χ0n) is 12.9. The van der Waals surface area contributed by atoms with Gasteiger partial charge in [-0.15, -0.1) is 0 Å². The minimum absolute atomic E-state index is 0.0984. The molecule has 0 atom stereocenters. The summed E-state index contributed by atoms with van der Waals surface area (Å²) in [5.74, 6) is -3.52. The van der Waals surface area contributed by atoms with Gasteiger partial charge in [-0.2, -0.15) is 5.10 Å². The molecule has 0 amide bonds. The molecule has 0 unspecified atom stereocenters. The molecule has 0 radical (unpaired) electrons. The Bertz CT molecular complexity index is 667. The number of esters is 2. The molecule has 0 aliphatic rings. The molecule has 1 aromatic heterocycles. The molecule has 122 valence electrons. The van der Waals surface area contributed by atoms with Crippen LogP contribution in [0, 0.1) is 5.82 Å². The van der Waals surface area contributed by atoms with Gasteiger partial charge in [-0.1, -0.05) is 0 Å². The van der Waals surface area contributed by atoms with Crippen molar-refractivity contribution in [3.63, 3.8) is 0 Å². The summed E-state index contributed by atoms with van der Waals surface area (Å²) >= 11 is 0. The molecule has 0 spiro atoms. The van der Waals surface area contributed by atoms with Crippen LogP contribution >= 0.6 is 0 Å². The number of halogens is 1. The monoisotopic (exact) mass is 320 g/mol. The number of nitrogens with zero attached hydrogens (tertiary/aromatic N) is 2. The fraction of sp³-hybridized carbons (Fsp3) is 0.312. The zero-order valence-corrected chi connectivity index (χ0v) is 12.9. The number of carbonyl (C=O) groups is 2. The molecule has 1 heterocycles. The van der Waals surface area contributed by atoms with E-state index in [4.69, 9.17) is 9.47 Å². The van der Waals surface area contributed by atoms with Crippen molar-refractivity contribution in [2.75, 3.05) is 13.2 Å². The fourth-order valence-corrected chi connectivity index (χ4v) is 2.18. The number of aromatic nitrogens is 2. The average Bonchev–Trinajstić information content (AvgIpc) is 3.02. The van der Waals surface area contributed by atoms with Crippen molar-refractivity contribution in [3.05, 3.63) is 48.0 Å². The van der Waals surface area contributed by atoms with Gasteiger partial charge < -0.3 is 9.47 Å². The largest absolute Gasteiger partial charge is 0.465 e. The number of ether oxygens (including phenoxy) is 2. The second-order valence-electron chi connectivity index (χ2n) is 4.59. The average molecular weight is 320 g/mol. The second-order valence-corrected chi connectivity index (χ2v) is 4.59. The first-order chi connectivity index (χ1) is 11.1. The molecule has 0 fully saturated rings. The SMILES string of the molecule is CCOC(=O)C(C(=O)OCC)c1cc(F)ccc1-n1cccn1. The third-order valence-electron chi connectivity index (χ3n) is 3.10. The molecular weight excluding hydrogens is 303 g/mol. The van der Waals surface area contributed by atoms with E-state index in [1.807, 2.05) is 0 Å². The highest BCUT2D eigenvalue weighted by molar-refractivity contribution is 6.01. The van der Waals surface area contributed by atoms with E-state index in [9.17, 15) is 14.0 Å². The van der Waals surface area contributed by atoms with E-state index < -0.39 is 23.7 Å². The Morgan fingerprint density at radius 2 is 1.87 bits per heavy atom. The Balaban J connectivity index is 2.55. The number of benzene rings is 1. The second kappa shape index (κ2) is 7.53. The van der Waals surface area contributed by atoms with Crippen LogP contribution in [0.1, 0.15) is 25.3 Å². The van der Waals surface area contributed by atoms with Gasteiger partial charge in [-0.05, 0) is 38.1 Å².